The summed E-state index contributed by atoms with van der Waals surface area (Å²) in [5.74, 6) is -2.90. The fourth-order valence-electron chi connectivity index (χ4n) is 5.23. The van der Waals surface area contributed by atoms with E-state index in [1.165, 1.54) is 52.3 Å². The van der Waals surface area contributed by atoms with Gasteiger partial charge < -0.3 is 19.1 Å². The Balaban J connectivity index is 1.74. The van der Waals surface area contributed by atoms with Gasteiger partial charge in [-0.25, -0.2) is 13.6 Å². The number of halogens is 5. The molecule has 2 heterocycles. The number of hydrogen-bond acceptors (Lipinski definition) is 7. The second-order valence-electron chi connectivity index (χ2n) is 9.73. The van der Waals surface area contributed by atoms with Crippen LogP contribution in [-0.4, -0.2) is 54.4 Å². The van der Waals surface area contributed by atoms with E-state index in [4.69, 9.17) is 4.74 Å². The molecule has 2 aromatic carbocycles. The highest BCUT2D eigenvalue weighted by atomic mass is 19.4. The molecule has 0 radical (unpaired) electrons. The van der Waals surface area contributed by atoms with Crippen molar-refractivity contribution in [3.05, 3.63) is 98.5 Å². The van der Waals surface area contributed by atoms with Gasteiger partial charge >= 0.3 is 12.3 Å². The van der Waals surface area contributed by atoms with Crippen molar-refractivity contribution < 1.29 is 45.8 Å². The van der Waals surface area contributed by atoms with Gasteiger partial charge in [0.05, 0.1) is 13.2 Å². The van der Waals surface area contributed by atoms with E-state index in [0.717, 1.165) is 20.1 Å². The summed E-state index contributed by atoms with van der Waals surface area (Å²) < 4.78 is 86.2. The van der Waals surface area contributed by atoms with E-state index in [1.807, 2.05) is 0 Å². The van der Waals surface area contributed by atoms with Gasteiger partial charge in [-0.2, -0.15) is 13.2 Å². The van der Waals surface area contributed by atoms with Gasteiger partial charge in [0, 0.05) is 12.3 Å². The van der Waals surface area contributed by atoms with E-state index < -0.39 is 72.3 Å². The van der Waals surface area contributed by atoms with Crippen molar-refractivity contribution in [2.75, 3.05) is 25.6 Å². The highest BCUT2D eigenvalue weighted by Crippen LogP contribution is 2.40. The van der Waals surface area contributed by atoms with Gasteiger partial charge in [-0.15, -0.1) is 0 Å². The van der Waals surface area contributed by atoms with Crippen LogP contribution in [0.2, 0.25) is 0 Å². The number of methoxy groups -OCH3 is 1. The lowest BCUT2D eigenvalue weighted by molar-refractivity contribution is -0.173. The first-order valence-corrected chi connectivity index (χ1v) is 12.7. The van der Waals surface area contributed by atoms with Crippen molar-refractivity contribution in [3.63, 3.8) is 0 Å². The Bertz CT molecular complexity index is 1550. The zero-order valence-corrected chi connectivity index (χ0v) is 22.3. The Morgan fingerprint density at radius 3 is 2.14 bits per heavy atom. The lowest BCUT2D eigenvalue weighted by atomic mass is 9.93. The summed E-state index contributed by atoms with van der Waals surface area (Å²) in [6.45, 7) is -0.701. The number of aromatic nitrogens is 1. The first-order valence-electron chi connectivity index (χ1n) is 12.7. The molecule has 222 valence electrons. The summed E-state index contributed by atoms with van der Waals surface area (Å²) in [4.78, 5) is 38.4. The topological polar surface area (TPSA) is 90.3 Å². The van der Waals surface area contributed by atoms with Crippen LogP contribution in [0.3, 0.4) is 0 Å². The number of hydrogen-bond donors (Lipinski definition) is 0. The van der Waals surface area contributed by atoms with Crippen LogP contribution in [0.4, 0.5) is 26.7 Å². The molecule has 0 saturated carbocycles. The molecule has 1 aliphatic heterocycles. The van der Waals surface area contributed by atoms with E-state index in [1.54, 1.807) is 0 Å². The van der Waals surface area contributed by atoms with Gasteiger partial charge in [-0.05, 0) is 66.3 Å². The lowest BCUT2D eigenvalue weighted by Gasteiger charge is -2.46. The molecule has 1 atom stereocenters. The molecular formula is C28H24F5N3O6. The van der Waals surface area contributed by atoms with Crippen molar-refractivity contribution >= 4 is 12.1 Å². The molecule has 0 spiro atoms. The second-order valence-corrected chi connectivity index (χ2v) is 9.73. The van der Waals surface area contributed by atoms with Crippen LogP contribution in [0.5, 0.6) is 5.75 Å². The van der Waals surface area contributed by atoms with E-state index in [9.17, 15) is 36.3 Å². The molecule has 1 aromatic heterocycles. The first kappa shape index (κ1) is 28.9. The second kappa shape index (κ2) is 11.0. The van der Waals surface area contributed by atoms with Gasteiger partial charge in [-0.3, -0.25) is 19.3 Å². The Morgan fingerprint density at radius 2 is 1.60 bits per heavy atom. The van der Waals surface area contributed by atoms with Crippen LogP contribution >= 0.6 is 0 Å². The normalized spacial score (nSPS) is 15.7. The van der Waals surface area contributed by atoms with Crippen LogP contribution in [0.25, 0.3) is 0 Å². The van der Waals surface area contributed by atoms with Gasteiger partial charge in [0.15, 0.2) is 5.69 Å². The summed E-state index contributed by atoms with van der Waals surface area (Å²) in [7, 11) is 1.03. The molecule has 1 amide bonds. The average Bonchev–Trinajstić information content (AvgIpc) is 3.09. The number of carbonyl (C=O) groups is 2. The van der Waals surface area contributed by atoms with Gasteiger partial charge in [0.2, 0.25) is 18.0 Å². The summed E-state index contributed by atoms with van der Waals surface area (Å²) >= 11 is 0. The van der Waals surface area contributed by atoms with E-state index in [-0.39, 0.29) is 0 Å². The molecular weight excluding hydrogens is 569 g/mol. The third kappa shape index (κ3) is 5.23. The minimum Gasteiger partial charge on any atom is -0.451 e. The van der Waals surface area contributed by atoms with Crippen molar-refractivity contribution in [2.24, 2.45) is 0 Å². The maximum absolute atomic E-state index is 14.3. The number of amides is 1. The van der Waals surface area contributed by atoms with E-state index in [2.05, 4.69) is 9.47 Å². The fourth-order valence-corrected chi connectivity index (χ4v) is 5.23. The summed E-state index contributed by atoms with van der Waals surface area (Å²) in [5.41, 5.74) is 0.669. The van der Waals surface area contributed by atoms with Crippen molar-refractivity contribution in [1.82, 2.24) is 9.58 Å². The molecule has 5 rings (SSSR count). The maximum atomic E-state index is 14.3. The molecule has 9 nitrogen and oxygen atoms in total. The maximum Gasteiger partial charge on any atom is 0.510 e. The van der Waals surface area contributed by atoms with Crippen LogP contribution in [0.1, 0.15) is 45.7 Å². The molecule has 1 aliphatic carbocycles. The standard InChI is InChI=1S/C28H24F5N3O6/c1-15(28(31,32)33)34-13-36(35-10-9-22(37)25(24(35)26(34)38)41-14-42-27(39)40-2)23-20-7-5-18(29)11-16(20)3-4-17-12-19(30)6-8-21(17)23/h5-12,15,23H,3-4,13-14H2,1-2H3/t15-/m1/s1. The highest BCUT2D eigenvalue weighted by Gasteiger charge is 2.48. The van der Waals surface area contributed by atoms with E-state index in [0.29, 0.717) is 40.0 Å². The van der Waals surface area contributed by atoms with Gasteiger partial charge in [0.25, 0.3) is 5.91 Å². The molecule has 42 heavy (non-hydrogen) atoms. The number of nitrogens with zero attached hydrogens (tertiary/aromatic N) is 3. The summed E-state index contributed by atoms with van der Waals surface area (Å²) in [6.07, 6.45) is -4.18. The summed E-state index contributed by atoms with van der Waals surface area (Å²) in [6, 6.07) is 5.79. The monoisotopic (exact) mass is 593 g/mol. The average molecular weight is 594 g/mol. The quantitative estimate of drug-likeness (QED) is 0.246. The number of ether oxygens (including phenoxy) is 3. The third-order valence-electron chi connectivity index (χ3n) is 7.32. The smallest absolute Gasteiger partial charge is 0.451 e. The number of rotatable bonds is 5. The van der Waals surface area contributed by atoms with Crippen LogP contribution in [0, 0.1) is 11.6 Å². The Labute approximate surface area is 235 Å². The predicted octanol–water partition coefficient (Wildman–Crippen LogP) is 4.44. The molecule has 0 N–H and O–H groups in total. The number of pyridine rings is 1. The summed E-state index contributed by atoms with van der Waals surface area (Å²) in [5, 5.41) is 1.39. The molecule has 0 fully saturated rings. The Morgan fingerprint density at radius 1 is 1.00 bits per heavy atom. The number of benzene rings is 2. The third-order valence-corrected chi connectivity index (χ3v) is 7.32. The van der Waals surface area contributed by atoms with Crippen LogP contribution in [0.15, 0.2) is 53.5 Å². The van der Waals surface area contributed by atoms with Crippen molar-refractivity contribution in [3.8, 4) is 5.75 Å². The van der Waals surface area contributed by atoms with Gasteiger partial charge in [0.1, 0.15) is 24.3 Å². The van der Waals surface area contributed by atoms with Gasteiger partial charge in [-0.1, -0.05) is 12.1 Å². The molecule has 14 heteroatoms. The Hall–Kier alpha value is -4.62. The minimum absolute atomic E-state index is 0.311. The molecule has 0 saturated heterocycles. The van der Waals surface area contributed by atoms with Crippen molar-refractivity contribution in [2.45, 2.75) is 38.0 Å². The fraction of sp³-hybridized carbons (Fsp3) is 0.321. The SMILES string of the molecule is COC(=O)OCOc1c2n(ccc1=O)N(C1c3ccc(F)cc3CCc3cc(F)ccc31)CN([C@H](C)C(F)(F)F)C2=O. The molecule has 3 aromatic rings. The van der Waals surface area contributed by atoms with E-state index >= 15 is 0 Å². The first-order chi connectivity index (χ1) is 19.9. The zero-order chi connectivity index (χ0) is 30.3. The molecule has 0 unspecified atom stereocenters. The number of alkyl halides is 3. The number of carbonyl (C=O) groups excluding carboxylic acids is 2. The zero-order valence-electron chi connectivity index (χ0n) is 22.3. The minimum atomic E-state index is -4.85. The lowest BCUT2D eigenvalue weighted by Crippen LogP contribution is -2.60. The van der Waals surface area contributed by atoms with Crippen LogP contribution in [-0.2, 0) is 22.3 Å². The van der Waals surface area contributed by atoms with Crippen molar-refractivity contribution in [1.29, 1.82) is 0 Å². The number of fused-ring (bicyclic) bond motifs is 3. The molecule has 2 aliphatic rings. The van der Waals surface area contributed by atoms with Crippen LogP contribution < -0.4 is 15.2 Å². The highest BCUT2D eigenvalue weighted by molar-refractivity contribution is 5.96. The Kier molecular flexibility index (Phi) is 7.56. The predicted molar refractivity (Wildman–Crippen MR) is 137 cm³/mol. The number of aryl methyl sites for hydroxylation is 2. The molecule has 0 bridgehead atoms. The largest absolute Gasteiger partial charge is 0.510 e.